The first-order valence-corrected chi connectivity index (χ1v) is 11.0. The molecule has 1 N–H and O–H groups in total. The smallest absolute Gasteiger partial charge is 0.222 e. The molecule has 0 unspecified atom stereocenters. The van der Waals surface area contributed by atoms with Crippen LogP contribution in [0.1, 0.15) is 71.5 Å². The summed E-state index contributed by atoms with van der Waals surface area (Å²) in [4.78, 5) is 12.6. The van der Waals surface area contributed by atoms with Gasteiger partial charge in [0.25, 0.3) is 0 Å². The van der Waals surface area contributed by atoms with Gasteiger partial charge >= 0.3 is 0 Å². The van der Waals surface area contributed by atoms with Crippen LogP contribution in [-0.2, 0) is 14.3 Å². The van der Waals surface area contributed by atoms with Crippen LogP contribution in [0, 0.1) is 11.8 Å². The second kappa shape index (κ2) is 9.48. The first-order chi connectivity index (χ1) is 13.8. The van der Waals surface area contributed by atoms with Gasteiger partial charge in [0.1, 0.15) is 5.75 Å². The molecule has 1 aromatic rings. The van der Waals surface area contributed by atoms with Crippen molar-refractivity contribution < 1.29 is 19.0 Å². The summed E-state index contributed by atoms with van der Waals surface area (Å²) in [5.41, 5.74) is 0.777. The van der Waals surface area contributed by atoms with E-state index in [4.69, 9.17) is 14.2 Å². The molecular formula is C24H37NO4. The molecule has 29 heavy (non-hydrogen) atoms. The topological polar surface area (TPSA) is 56.8 Å². The third-order valence-electron chi connectivity index (χ3n) is 6.41. The molecule has 1 heterocycles. The molecule has 1 amide bonds. The minimum absolute atomic E-state index is 0.0547. The van der Waals surface area contributed by atoms with E-state index >= 15 is 0 Å². The molecule has 0 spiro atoms. The van der Waals surface area contributed by atoms with E-state index in [9.17, 15) is 4.79 Å². The Kier molecular flexibility index (Phi) is 7.23. The lowest BCUT2D eigenvalue weighted by Crippen LogP contribution is -2.60. The Morgan fingerprint density at radius 3 is 2.79 bits per heavy atom. The van der Waals surface area contributed by atoms with E-state index in [1.165, 1.54) is 6.42 Å². The third-order valence-corrected chi connectivity index (χ3v) is 6.41. The van der Waals surface area contributed by atoms with Crippen molar-refractivity contribution in [3.63, 3.8) is 0 Å². The fourth-order valence-electron chi connectivity index (χ4n) is 5.01. The maximum atomic E-state index is 12.6. The van der Waals surface area contributed by atoms with E-state index in [0.717, 1.165) is 30.6 Å². The Balaban J connectivity index is 1.87. The number of carbonyl (C=O) groups excluding carboxylic acids is 1. The summed E-state index contributed by atoms with van der Waals surface area (Å²) >= 11 is 0. The summed E-state index contributed by atoms with van der Waals surface area (Å²) in [6.07, 6.45) is 4.61. The molecule has 0 bridgehead atoms. The van der Waals surface area contributed by atoms with Gasteiger partial charge in [-0.25, -0.2) is 0 Å². The van der Waals surface area contributed by atoms with Crippen LogP contribution in [0.5, 0.6) is 5.75 Å². The number of fused-ring (bicyclic) bond motifs is 1. The predicted octanol–water partition coefficient (Wildman–Crippen LogP) is 4.65. The fraction of sp³-hybridized carbons (Fsp3) is 0.708. The zero-order valence-electron chi connectivity index (χ0n) is 18.6. The van der Waals surface area contributed by atoms with Crippen molar-refractivity contribution in [2.75, 3.05) is 13.7 Å². The molecule has 5 nitrogen and oxygen atoms in total. The number of para-hydroxylation sites is 1. The maximum Gasteiger partial charge on any atom is 0.222 e. The van der Waals surface area contributed by atoms with Crippen LogP contribution < -0.4 is 10.1 Å². The van der Waals surface area contributed by atoms with E-state index in [2.05, 4.69) is 25.2 Å². The standard InChI is InChI=1S/C24H37NO4/c1-16(2)28-20-9-7-6-8-18(20)22-15-24(4,25-23(26)12-13-27-5)19-11-10-17(3)14-21(19)29-22/h6-9,16-17,19,21-22H,10-15H2,1-5H3,(H,25,26)/t17-,19-,21-,22-,24+/m1/s1. The van der Waals surface area contributed by atoms with Gasteiger partial charge in [-0.2, -0.15) is 0 Å². The van der Waals surface area contributed by atoms with Crippen molar-refractivity contribution in [2.24, 2.45) is 11.8 Å². The van der Waals surface area contributed by atoms with Gasteiger partial charge in [0.2, 0.25) is 5.91 Å². The Labute approximate surface area is 175 Å². The van der Waals surface area contributed by atoms with E-state index in [1.54, 1.807) is 7.11 Å². The van der Waals surface area contributed by atoms with Crippen LogP contribution in [0.3, 0.4) is 0 Å². The number of carbonyl (C=O) groups is 1. The summed E-state index contributed by atoms with van der Waals surface area (Å²) in [6, 6.07) is 8.15. The molecule has 0 radical (unpaired) electrons. The molecule has 1 saturated heterocycles. The van der Waals surface area contributed by atoms with Crippen LogP contribution >= 0.6 is 0 Å². The first kappa shape index (κ1) is 22.1. The number of methoxy groups -OCH3 is 1. The number of amides is 1. The van der Waals surface area contributed by atoms with Gasteiger partial charge in [0.15, 0.2) is 0 Å². The van der Waals surface area contributed by atoms with Crippen molar-refractivity contribution in [1.82, 2.24) is 5.32 Å². The number of rotatable bonds is 7. The molecule has 2 fully saturated rings. The highest BCUT2D eigenvalue weighted by Gasteiger charge is 2.49. The van der Waals surface area contributed by atoms with E-state index < -0.39 is 0 Å². The lowest BCUT2D eigenvalue weighted by Gasteiger charge is -2.52. The second-order valence-electron chi connectivity index (χ2n) is 9.30. The number of ether oxygens (including phenoxy) is 3. The average molecular weight is 404 g/mol. The summed E-state index contributed by atoms with van der Waals surface area (Å²) in [5.74, 6) is 1.91. The quantitative estimate of drug-likeness (QED) is 0.720. The minimum Gasteiger partial charge on any atom is -0.491 e. The number of hydrogen-bond donors (Lipinski definition) is 1. The summed E-state index contributed by atoms with van der Waals surface area (Å²) in [5, 5.41) is 3.36. The molecule has 5 heteroatoms. The molecule has 3 rings (SSSR count). The molecular weight excluding hydrogens is 366 g/mol. The maximum absolute atomic E-state index is 12.6. The number of nitrogens with one attached hydrogen (secondary N) is 1. The van der Waals surface area contributed by atoms with Gasteiger partial charge in [-0.1, -0.05) is 31.5 Å². The van der Waals surface area contributed by atoms with E-state index in [-0.39, 0.29) is 29.8 Å². The second-order valence-corrected chi connectivity index (χ2v) is 9.30. The molecule has 1 aliphatic carbocycles. The molecule has 5 atom stereocenters. The molecule has 0 aromatic heterocycles. The van der Waals surface area contributed by atoms with Crippen LogP contribution in [0.4, 0.5) is 0 Å². The molecule has 2 aliphatic rings. The van der Waals surface area contributed by atoms with Crippen LogP contribution in [0.25, 0.3) is 0 Å². The van der Waals surface area contributed by atoms with Crippen molar-refractivity contribution in [3.05, 3.63) is 29.8 Å². The van der Waals surface area contributed by atoms with E-state index in [1.807, 2.05) is 32.0 Å². The first-order valence-electron chi connectivity index (χ1n) is 11.0. The van der Waals surface area contributed by atoms with Gasteiger partial charge in [0, 0.05) is 37.0 Å². The lowest BCUT2D eigenvalue weighted by atomic mass is 9.66. The highest BCUT2D eigenvalue weighted by molar-refractivity contribution is 5.77. The van der Waals surface area contributed by atoms with Gasteiger partial charge < -0.3 is 19.5 Å². The molecule has 162 valence electrons. The summed E-state index contributed by atoms with van der Waals surface area (Å²) in [7, 11) is 1.63. The minimum atomic E-state index is -0.302. The predicted molar refractivity (Wildman–Crippen MR) is 114 cm³/mol. The van der Waals surface area contributed by atoms with Crippen LogP contribution in [-0.4, -0.2) is 37.4 Å². The van der Waals surface area contributed by atoms with Crippen molar-refractivity contribution >= 4 is 5.91 Å². The van der Waals surface area contributed by atoms with E-state index in [0.29, 0.717) is 24.9 Å². The highest BCUT2D eigenvalue weighted by atomic mass is 16.5. The number of benzene rings is 1. The zero-order valence-corrected chi connectivity index (χ0v) is 18.6. The van der Waals surface area contributed by atoms with Crippen molar-refractivity contribution in [3.8, 4) is 5.75 Å². The van der Waals surface area contributed by atoms with Gasteiger partial charge in [0.05, 0.1) is 24.9 Å². The largest absolute Gasteiger partial charge is 0.491 e. The van der Waals surface area contributed by atoms with Gasteiger partial charge in [-0.3, -0.25) is 4.79 Å². The fourth-order valence-corrected chi connectivity index (χ4v) is 5.01. The zero-order chi connectivity index (χ0) is 21.0. The SMILES string of the molecule is COCCC(=O)N[C@@]1(C)C[C@H](c2ccccc2OC(C)C)O[C@@H]2C[C@H](C)CC[C@H]21. The van der Waals surface area contributed by atoms with Crippen molar-refractivity contribution in [1.29, 1.82) is 0 Å². The lowest BCUT2D eigenvalue weighted by molar-refractivity contribution is -0.154. The van der Waals surface area contributed by atoms with Gasteiger partial charge in [-0.05, 0) is 45.6 Å². The Hall–Kier alpha value is -1.59. The molecule has 1 aliphatic heterocycles. The third kappa shape index (κ3) is 5.32. The monoisotopic (exact) mass is 403 g/mol. The Bertz CT molecular complexity index is 691. The van der Waals surface area contributed by atoms with Crippen LogP contribution in [0.2, 0.25) is 0 Å². The summed E-state index contributed by atoms with van der Waals surface area (Å²) in [6.45, 7) is 9.02. The Morgan fingerprint density at radius 2 is 2.07 bits per heavy atom. The molecule has 1 saturated carbocycles. The molecule has 1 aromatic carbocycles. The normalized spacial score (nSPS) is 31.9. The Morgan fingerprint density at radius 1 is 1.31 bits per heavy atom. The highest BCUT2D eigenvalue weighted by Crippen LogP contribution is 2.49. The average Bonchev–Trinajstić information content (AvgIpc) is 2.65. The van der Waals surface area contributed by atoms with Crippen molar-refractivity contribution in [2.45, 2.75) is 83.6 Å². The van der Waals surface area contributed by atoms with Crippen LogP contribution in [0.15, 0.2) is 24.3 Å². The van der Waals surface area contributed by atoms with Gasteiger partial charge in [-0.15, -0.1) is 0 Å². The summed E-state index contributed by atoms with van der Waals surface area (Å²) < 4.78 is 17.8. The number of hydrogen-bond acceptors (Lipinski definition) is 4.